The van der Waals surface area contributed by atoms with Gasteiger partial charge in [0.15, 0.2) is 5.69 Å². The van der Waals surface area contributed by atoms with E-state index in [-0.39, 0.29) is 16.7 Å². The number of allylic oxidation sites excluding steroid dienone is 1. The molecule has 0 saturated heterocycles. The van der Waals surface area contributed by atoms with Gasteiger partial charge in [0.1, 0.15) is 5.82 Å². The zero-order valence-electron chi connectivity index (χ0n) is 13.2. The summed E-state index contributed by atoms with van der Waals surface area (Å²) in [6.07, 6.45) is 1.68. The minimum atomic E-state index is -0.439. The van der Waals surface area contributed by atoms with Gasteiger partial charge in [-0.2, -0.15) is 0 Å². The van der Waals surface area contributed by atoms with Crippen LogP contribution in [0.1, 0.15) is 0 Å². The molecule has 0 unspecified atom stereocenters. The summed E-state index contributed by atoms with van der Waals surface area (Å²) in [7, 11) is 0. The first-order chi connectivity index (χ1) is 12.1. The lowest BCUT2D eigenvalue weighted by Gasteiger charge is -2.03. The van der Waals surface area contributed by atoms with Crippen molar-refractivity contribution in [2.45, 2.75) is 6.54 Å². The van der Waals surface area contributed by atoms with Crippen molar-refractivity contribution in [2.75, 3.05) is 5.32 Å². The van der Waals surface area contributed by atoms with Crippen LogP contribution in [0.25, 0.3) is 10.9 Å². The first kappa shape index (κ1) is 16.8. The quantitative estimate of drug-likeness (QED) is 0.387. The van der Waals surface area contributed by atoms with Gasteiger partial charge in [0.2, 0.25) is 11.0 Å². The summed E-state index contributed by atoms with van der Waals surface area (Å²) in [6, 6.07) is 13.5. The number of nitrogens with one attached hydrogen (secondary N) is 1. The lowest BCUT2D eigenvalue weighted by atomic mass is 10.2. The van der Waals surface area contributed by atoms with Gasteiger partial charge in [-0.25, -0.2) is 4.39 Å². The highest BCUT2D eigenvalue weighted by atomic mass is 32.1. The molecule has 0 spiro atoms. The van der Waals surface area contributed by atoms with E-state index in [1.54, 1.807) is 28.8 Å². The van der Waals surface area contributed by atoms with Gasteiger partial charge in [0.05, 0.1) is 11.2 Å². The molecule has 0 aliphatic heterocycles. The number of fused-ring (bicyclic) bond motifs is 1. The third-order valence-electron chi connectivity index (χ3n) is 3.59. The van der Waals surface area contributed by atoms with Crippen molar-refractivity contribution >= 4 is 39.6 Å². The minimum Gasteiger partial charge on any atom is -0.493 e. The molecule has 0 atom stereocenters. The van der Waals surface area contributed by atoms with Gasteiger partial charge in [-0.1, -0.05) is 36.4 Å². The van der Waals surface area contributed by atoms with Crippen LogP contribution in [0.4, 0.5) is 15.8 Å². The van der Waals surface area contributed by atoms with Gasteiger partial charge in [-0.05, 0) is 30.4 Å². The number of para-hydroxylation sites is 2. The number of aromatic nitrogens is 1. The van der Waals surface area contributed by atoms with Crippen LogP contribution in [-0.4, -0.2) is 14.8 Å². The van der Waals surface area contributed by atoms with Gasteiger partial charge in [-0.15, -0.1) is 16.8 Å². The summed E-state index contributed by atoms with van der Waals surface area (Å²) in [5, 5.41) is 21.8. The van der Waals surface area contributed by atoms with Crippen LogP contribution in [0.15, 0.2) is 71.4 Å². The summed E-state index contributed by atoms with van der Waals surface area (Å²) < 4.78 is 15.3. The summed E-state index contributed by atoms with van der Waals surface area (Å²) in [6.45, 7) is 4.12. The van der Waals surface area contributed by atoms with Gasteiger partial charge >= 0.3 is 0 Å². The molecule has 0 aliphatic rings. The molecule has 1 aromatic heterocycles. The monoisotopic (exact) mass is 354 g/mol. The first-order valence-electron chi connectivity index (χ1n) is 7.50. The molecule has 2 N–H and O–H groups in total. The van der Waals surface area contributed by atoms with E-state index in [4.69, 9.17) is 12.2 Å². The fraction of sp³-hybridized carbons (Fsp3) is 0.0556. The highest BCUT2D eigenvalue weighted by molar-refractivity contribution is 7.80. The second kappa shape index (κ2) is 7.23. The summed E-state index contributed by atoms with van der Waals surface area (Å²) in [4.78, 5) is 0. The Morgan fingerprint density at radius 1 is 1.24 bits per heavy atom. The molecule has 0 radical (unpaired) electrons. The van der Waals surface area contributed by atoms with Gasteiger partial charge in [0.25, 0.3) is 0 Å². The molecule has 0 fully saturated rings. The van der Waals surface area contributed by atoms with Crippen molar-refractivity contribution in [1.82, 2.24) is 4.57 Å². The van der Waals surface area contributed by atoms with Crippen molar-refractivity contribution in [3.05, 3.63) is 67.0 Å². The van der Waals surface area contributed by atoms with Crippen LogP contribution in [0.2, 0.25) is 0 Å². The van der Waals surface area contributed by atoms with E-state index in [1.165, 1.54) is 6.07 Å². The zero-order valence-corrected chi connectivity index (χ0v) is 14.0. The topological polar surface area (TPSA) is 61.9 Å². The van der Waals surface area contributed by atoms with Crippen LogP contribution in [-0.2, 0) is 6.54 Å². The predicted molar refractivity (Wildman–Crippen MR) is 101 cm³/mol. The predicted octanol–water partition coefficient (Wildman–Crippen LogP) is 5.15. The molecule has 1 heterocycles. The molecule has 0 saturated carbocycles. The highest BCUT2D eigenvalue weighted by Gasteiger charge is 2.15. The molecule has 7 heteroatoms. The third-order valence-corrected chi connectivity index (χ3v) is 3.77. The molecule has 126 valence electrons. The van der Waals surface area contributed by atoms with E-state index >= 15 is 0 Å². The normalized spacial score (nSPS) is 11.1. The maximum atomic E-state index is 13.6. The number of nitrogens with zero attached hydrogens (tertiary/aromatic N) is 3. The molecule has 3 rings (SSSR count). The van der Waals surface area contributed by atoms with E-state index in [0.717, 1.165) is 10.9 Å². The molecule has 0 amide bonds. The fourth-order valence-electron chi connectivity index (χ4n) is 2.48. The Kier molecular flexibility index (Phi) is 4.85. The molecule has 3 aromatic rings. The number of rotatable bonds is 4. The minimum absolute atomic E-state index is 0.00921. The Bertz CT molecular complexity index is 980. The second-order valence-electron chi connectivity index (χ2n) is 5.20. The standard InChI is InChI=1S/C18H15FN4OS/c1-2-11-23-15-10-6-3-7-12(15)16(17(23)24)21-22-18(25)20-14-9-5-4-8-13(14)19/h2-10,24H,1,11H2,(H,20,25). The molecule has 5 nitrogen and oxygen atoms in total. The van der Waals surface area contributed by atoms with E-state index < -0.39 is 5.82 Å². The first-order valence-corrected chi connectivity index (χ1v) is 7.91. The lowest BCUT2D eigenvalue weighted by Crippen LogP contribution is -2.06. The van der Waals surface area contributed by atoms with Crippen molar-refractivity contribution in [3.8, 4) is 5.88 Å². The van der Waals surface area contributed by atoms with Crippen molar-refractivity contribution < 1.29 is 9.50 Å². The summed E-state index contributed by atoms with van der Waals surface area (Å²) in [5.74, 6) is -0.468. The zero-order chi connectivity index (χ0) is 17.8. The molecule has 0 bridgehead atoms. The van der Waals surface area contributed by atoms with Crippen LogP contribution in [0.3, 0.4) is 0 Å². The third kappa shape index (κ3) is 3.41. The summed E-state index contributed by atoms with van der Waals surface area (Å²) in [5.41, 5.74) is 1.32. The number of anilines is 1. The van der Waals surface area contributed by atoms with Crippen molar-refractivity contribution in [2.24, 2.45) is 10.2 Å². The van der Waals surface area contributed by atoms with Crippen LogP contribution < -0.4 is 5.32 Å². The van der Waals surface area contributed by atoms with Gasteiger partial charge in [-0.3, -0.25) is 0 Å². The Hall–Kier alpha value is -3.06. The highest BCUT2D eigenvalue weighted by Crippen LogP contribution is 2.38. The molecule has 0 aliphatic carbocycles. The van der Waals surface area contributed by atoms with Crippen LogP contribution in [0.5, 0.6) is 5.88 Å². The molecular formula is C18H15FN4OS. The lowest BCUT2D eigenvalue weighted by molar-refractivity contribution is 0.431. The second-order valence-corrected chi connectivity index (χ2v) is 5.59. The average Bonchev–Trinajstić information content (AvgIpc) is 2.88. The number of benzene rings is 2. The molecule has 2 aromatic carbocycles. The number of aromatic hydroxyl groups is 1. The average molecular weight is 354 g/mol. The van der Waals surface area contributed by atoms with Gasteiger partial charge in [0, 0.05) is 11.9 Å². The van der Waals surface area contributed by atoms with E-state index in [9.17, 15) is 9.50 Å². The van der Waals surface area contributed by atoms with Crippen molar-refractivity contribution in [1.29, 1.82) is 0 Å². The van der Waals surface area contributed by atoms with E-state index in [1.807, 2.05) is 24.3 Å². The number of hydrogen-bond acceptors (Lipinski definition) is 3. The smallest absolute Gasteiger partial charge is 0.221 e. The number of azo groups is 1. The molecule has 25 heavy (non-hydrogen) atoms. The maximum Gasteiger partial charge on any atom is 0.221 e. The Morgan fingerprint density at radius 3 is 2.72 bits per heavy atom. The molecular weight excluding hydrogens is 339 g/mol. The van der Waals surface area contributed by atoms with E-state index in [0.29, 0.717) is 12.2 Å². The Labute approximate surface area is 149 Å². The maximum absolute atomic E-state index is 13.6. The van der Waals surface area contributed by atoms with Crippen molar-refractivity contribution in [3.63, 3.8) is 0 Å². The number of hydrogen-bond donors (Lipinski definition) is 2. The number of halogens is 1. The Morgan fingerprint density at radius 2 is 1.96 bits per heavy atom. The largest absolute Gasteiger partial charge is 0.493 e. The summed E-state index contributed by atoms with van der Waals surface area (Å²) >= 11 is 5.08. The number of thiocarbonyl (C=S) groups is 1. The Balaban J connectivity index is 1.91. The van der Waals surface area contributed by atoms with Gasteiger partial charge < -0.3 is 15.0 Å². The van der Waals surface area contributed by atoms with Crippen LogP contribution in [0, 0.1) is 5.82 Å². The SMILES string of the molecule is C=CCn1c(O)c(N=NC(=S)Nc2ccccc2F)c2ccccc21. The van der Waals surface area contributed by atoms with E-state index in [2.05, 4.69) is 22.1 Å². The fourth-order valence-corrected chi connectivity index (χ4v) is 2.63. The van der Waals surface area contributed by atoms with Crippen LogP contribution >= 0.6 is 12.2 Å².